The number of amides is 1. The quantitative estimate of drug-likeness (QED) is 0.749. The summed E-state index contributed by atoms with van der Waals surface area (Å²) in [6, 6.07) is 0. The van der Waals surface area contributed by atoms with Crippen LogP contribution in [0.3, 0.4) is 0 Å². The fraction of sp³-hybridized carbons (Fsp3) is 0.545. The Bertz CT molecular complexity index is 325. The fourth-order valence-electron chi connectivity index (χ4n) is 1.21. The highest BCUT2D eigenvalue weighted by molar-refractivity contribution is 5.88. The molecule has 0 aliphatic heterocycles. The van der Waals surface area contributed by atoms with Gasteiger partial charge < -0.3 is 4.74 Å². The number of hydrogen-bond donors (Lipinski definition) is 1. The monoisotopic (exact) mass is 223 g/mol. The first-order valence-corrected chi connectivity index (χ1v) is 5.42. The van der Waals surface area contributed by atoms with E-state index in [4.69, 9.17) is 4.74 Å². The van der Waals surface area contributed by atoms with Crippen molar-refractivity contribution in [2.75, 3.05) is 12.4 Å². The largest absolute Gasteiger partial charge is 0.494 e. The van der Waals surface area contributed by atoms with Gasteiger partial charge >= 0.3 is 0 Å². The summed E-state index contributed by atoms with van der Waals surface area (Å²) in [7, 11) is 1.54. The van der Waals surface area contributed by atoms with Crippen LogP contribution in [0.1, 0.15) is 32.6 Å². The topological polar surface area (TPSA) is 64.1 Å². The summed E-state index contributed by atoms with van der Waals surface area (Å²) in [6.45, 7) is 2.10. The Kier molecular flexibility index (Phi) is 5.25. The summed E-state index contributed by atoms with van der Waals surface area (Å²) >= 11 is 0. The number of aromatic nitrogens is 2. The highest BCUT2D eigenvalue weighted by Crippen LogP contribution is 2.08. The molecule has 0 saturated carbocycles. The van der Waals surface area contributed by atoms with Gasteiger partial charge in [0.2, 0.25) is 11.9 Å². The van der Waals surface area contributed by atoms with Gasteiger partial charge in [-0.25, -0.2) is 9.97 Å². The van der Waals surface area contributed by atoms with Crippen LogP contribution in [-0.4, -0.2) is 23.0 Å². The lowest BCUT2D eigenvalue weighted by atomic mass is 10.2. The zero-order valence-electron chi connectivity index (χ0n) is 9.69. The molecule has 1 aromatic rings. The Morgan fingerprint density at radius 1 is 1.38 bits per heavy atom. The van der Waals surface area contributed by atoms with Crippen LogP contribution in [0.15, 0.2) is 12.4 Å². The number of rotatable bonds is 6. The molecular weight excluding hydrogens is 206 g/mol. The van der Waals surface area contributed by atoms with Gasteiger partial charge in [0, 0.05) is 6.42 Å². The van der Waals surface area contributed by atoms with Crippen LogP contribution in [-0.2, 0) is 4.79 Å². The van der Waals surface area contributed by atoms with Gasteiger partial charge in [0.25, 0.3) is 0 Å². The lowest BCUT2D eigenvalue weighted by Gasteiger charge is -2.03. The molecule has 0 saturated heterocycles. The minimum Gasteiger partial charge on any atom is -0.494 e. The van der Waals surface area contributed by atoms with Gasteiger partial charge in [-0.15, -0.1) is 0 Å². The standard InChI is InChI=1S/C11H17N3O2/c1-3-4-5-6-10(15)14-11-12-7-9(16-2)8-13-11/h7-8H,3-6H2,1-2H3,(H,12,13,14,15). The van der Waals surface area contributed by atoms with Crippen LogP contribution in [0.25, 0.3) is 0 Å². The van der Waals surface area contributed by atoms with Gasteiger partial charge in [-0.2, -0.15) is 0 Å². The second-order valence-corrected chi connectivity index (χ2v) is 3.45. The third kappa shape index (κ3) is 4.25. The number of anilines is 1. The Morgan fingerprint density at radius 2 is 2.06 bits per heavy atom. The van der Waals surface area contributed by atoms with Crippen LogP contribution in [0, 0.1) is 0 Å². The lowest BCUT2D eigenvalue weighted by molar-refractivity contribution is -0.116. The van der Waals surface area contributed by atoms with Crippen molar-refractivity contribution in [3.63, 3.8) is 0 Å². The number of hydrogen-bond acceptors (Lipinski definition) is 4. The van der Waals surface area contributed by atoms with Gasteiger partial charge in [0.15, 0.2) is 5.75 Å². The number of methoxy groups -OCH3 is 1. The number of carbonyl (C=O) groups excluding carboxylic acids is 1. The molecule has 0 spiro atoms. The molecule has 1 rings (SSSR count). The van der Waals surface area contributed by atoms with E-state index < -0.39 is 0 Å². The normalized spacial score (nSPS) is 9.88. The van der Waals surface area contributed by atoms with Gasteiger partial charge in [-0.1, -0.05) is 19.8 Å². The van der Waals surface area contributed by atoms with Gasteiger partial charge in [-0.05, 0) is 6.42 Å². The van der Waals surface area contributed by atoms with Crippen molar-refractivity contribution in [2.45, 2.75) is 32.6 Å². The molecule has 0 atom stereocenters. The van der Waals surface area contributed by atoms with Crippen LogP contribution < -0.4 is 10.1 Å². The molecule has 1 amide bonds. The van der Waals surface area contributed by atoms with Crippen molar-refractivity contribution < 1.29 is 9.53 Å². The molecule has 0 radical (unpaired) electrons. The van der Waals surface area contributed by atoms with E-state index in [2.05, 4.69) is 22.2 Å². The highest BCUT2D eigenvalue weighted by Gasteiger charge is 2.03. The van der Waals surface area contributed by atoms with Gasteiger partial charge in [-0.3, -0.25) is 10.1 Å². The molecule has 1 N–H and O–H groups in total. The Hall–Kier alpha value is -1.65. The summed E-state index contributed by atoms with van der Waals surface area (Å²) in [5.41, 5.74) is 0. The Labute approximate surface area is 95.3 Å². The van der Waals surface area contributed by atoms with Gasteiger partial charge in [0.05, 0.1) is 19.5 Å². The lowest BCUT2D eigenvalue weighted by Crippen LogP contribution is -2.13. The molecule has 0 aromatic carbocycles. The summed E-state index contributed by atoms with van der Waals surface area (Å²) in [5, 5.41) is 2.64. The van der Waals surface area contributed by atoms with Crippen molar-refractivity contribution in [2.24, 2.45) is 0 Å². The number of unbranched alkanes of at least 4 members (excludes halogenated alkanes) is 2. The third-order valence-electron chi connectivity index (χ3n) is 2.12. The summed E-state index contributed by atoms with van der Waals surface area (Å²) < 4.78 is 4.92. The minimum absolute atomic E-state index is 0.0429. The maximum atomic E-state index is 11.4. The predicted molar refractivity (Wildman–Crippen MR) is 61.4 cm³/mol. The molecule has 0 fully saturated rings. The van der Waals surface area contributed by atoms with E-state index in [1.54, 1.807) is 7.11 Å². The average Bonchev–Trinajstić information content (AvgIpc) is 2.30. The van der Waals surface area contributed by atoms with E-state index in [0.29, 0.717) is 18.1 Å². The maximum absolute atomic E-state index is 11.4. The Morgan fingerprint density at radius 3 is 2.62 bits per heavy atom. The number of ether oxygens (including phenoxy) is 1. The van der Waals surface area contributed by atoms with Crippen molar-refractivity contribution in [3.8, 4) is 5.75 Å². The van der Waals surface area contributed by atoms with Crippen molar-refractivity contribution in [1.29, 1.82) is 0 Å². The zero-order chi connectivity index (χ0) is 11.8. The SMILES string of the molecule is CCCCCC(=O)Nc1ncc(OC)cn1. The van der Waals surface area contributed by atoms with E-state index >= 15 is 0 Å². The number of nitrogens with one attached hydrogen (secondary N) is 1. The molecule has 0 aliphatic rings. The van der Waals surface area contributed by atoms with E-state index in [0.717, 1.165) is 19.3 Å². The Balaban J connectivity index is 2.37. The molecule has 0 aliphatic carbocycles. The second-order valence-electron chi connectivity index (χ2n) is 3.45. The average molecular weight is 223 g/mol. The predicted octanol–water partition coefficient (Wildman–Crippen LogP) is 2.00. The van der Waals surface area contributed by atoms with Crippen LogP contribution in [0.5, 0.6) is 5.75 Å². The molecular formula is C11H17N3O2. The molecule has 16 heavy (non-hydrogen) atoms. The minimum atomic E-state index is -0.0429. The van der Waals surface area contributed by atoms with Crippen LogP contribution in [0.4, 0.5) is 5.95 Å². The van der Waals surface area contributed by atoms with E-state index in [-0.39, 0.29) is 5.91 Å². The third-order valence-corrected chi connectivity index (χ3v) is 2.12. The van der Waals surface area contributed by atoms with Crippen molar-refractivity contribution in [3.05, 3.63) is 12.4 Å². The molecule has 5 nitrogen and oxygen atoms in total. The van der Waals surface area contributed by atoms with Crippen molar-refractivity contribution in [1.82, 2.24) is 9.97 Å². The smallest absolute Gasteiger partial charge is 0.229 e. The molecule has 88 valence electrons. The zero-order valence-corrected chi connectivity index (χ0v) is 9.69. The maximum Gasteiger partial charge on any atom is 0.229 e. The first-order valence-electron chi connectivity index (χ1n) is 5.42. The second kappa shape index (κ2) is 6.76. The summed E-state index contributed by atoms with van der Waals surface area (Å²) in [6.07, 6.45) is 6.63. The first-order chi connectivity index (χ1) is 7.76. The molecule has 1 aromatic heterocycles. The summed E-state index contributed by atoms with van der Waals surface area (Å²) in [4.78, 5) is 19.3. The van der Waals surface area contributed by atoms with E-state index in [1.165, 1.54) is 12.4 Å². The molecule has 1 heterocycles. The van der Waals surface area contributed by atoms with Crippen molar-refractivity contribution >= 4 is 11.9 Å². The molecule has 0 bridgehead atoms. The van der Waals surface area contributed by atoms with Gasteiger partial charge in [0.1, 0.15) is 0 Å². The number of carbonyl (C=O) groups is 1. The van der Waals surface area contributed by atoms with E-state index in [1.807, 2.05) is 0 Å². The summed E-state index contributed by atoms with van der Waals surface area (Å²) in [5.74, 6) is 0.852. The number of nitrogens with zero attached hydrogens (tertiary/aromatic N) is 2. The molecule has 0 unspecified atom stereocenters. The van der Waals surface area contributed by atoms with Crippen LogP contribution in [0.2, 0.25) is 0 Å². The fourth-order valence-corrected chi connectivity index (χ4v) is 1.21. The highest BCUT2D eigenvalue weighted by atomic mass is 16.5. The van der Waals surface area contributed by atoms with Crippen LogP contribution >= 0.6 is 0 Å². The molecule has 5 heteroatoms. The first kappa shape index (κ1) is 12.4. The van der Waals surface area contributed by atoms with E-state index in [9.17, 15) is 4.79 Å².